The number of hydrogen-bond acceptors (Lipinski definition) is 2. The van der Waals surface area contributed by atoms with Crippen LogP contribution in [0, 0.1) is 6.92 Å². The zero-order chi connectivity index (χ0) is 11.0. The fraction of sp³-hybridized carbons (Fsp3) is 0.333. The van der Waals surface area contributed by atoms with E-state index >= 15 is 0 Å². The number of amides is 2. The Morgan fingerprint density at radius 3 is 2.60 bits per heavy atom. The van der Waals surface area contributed by atoms with E-state index < -0.39 is 0 Å². The highest BCUT2D eigenvalue weighted by Crippen LogP contribution is 2.28. The van der Waals surface area contributed by atoms with E-state index in [2.05, 4.69) is 0 Å². The van der Waals surface area contributed by atoms with E-state index in [1.807, 2.05) is 31.2 Å². The standard InChI is InChI=1S/C12H13NO2/c1-8-4-3-5-9(6-8)10-7-11(14)13(2)12(10)15/h3-6,10H,7H2,1-2H3/t10-/m1/s1. The molecule has 1 fully saturated rings. The largest absolute Gasteiger partial charge is 0.285 e. The molecule has 0 aliphatic carbocycles. The minimum absolute atomic E-state index is 0.0912. The second-order valence-corrected chi connectivity index (χ2v) is 3.96. The van der Waals surface area contributed by atoms with Gasteiger partial charge < -0.3 is 0 Å². The monoisotopic (exact) mass is 203 g/mol. The molecule has 0 spiro atoms. The van der Waals surface area contributed by atoms with Crippen LogP contribution in [0.3, 0.4) is 0 Å². The number of imide groups is 1. The number of nitrogens with zero attached hydrogens (tertiary/aromatic N) is 1. The zero-order valence-electron chi connectivity index (χ0n) is 8.86. The van der Waals surface area contributed by atoms with Crippen molar-refractivity contribution in [2.75, 3.05) is 7.05 Å². The molecule has 0 bridgehead atoms. The number of carbonyl (C=O) groups excluding carboxylic acids is 2. The maximum atomic E-state index is 11.7. The number of hydrogen-bond donors (Lipinski definition) is 0. The van der Waals surface area contributed by atoms with Crippen LogP contribution in [0.4, 0.5) is 0 Å². The van der Waals surface area contributed by atoms with E-state index in [0.717, 1.165) is 11.1 Å². The highest BCUT2D eigenvalue weighted by atomic mass is 16.2. The van der Waals surface area contributed by atoms with E-state index in [1.165, 1.54) is 4.90 Å². The molecule has 0 unspecified atom stereocenters. The average Bonchev–Trinajstić information content (AvgIpc) is 2.46. The Morgan fingerprint density at radius 1 is 1.33 bits per heavy atom. The normalized spacial score (nSPS) is 21.2. The minimum atomic E-state index is -0.276. The number of aryl methyl sites for hydroxylation is 1. The van der Waals surface area contributed by atoms with Gasteiger partial charge in [0.25, 0.3) is 0 Å². The lowest BCUT2D eigenvalue weighted by atomic mass is 9.96. The van der Waals surface area contributed by atoms with Crippen molar-refractivity contribution in [3.8, 4) is 0 Å². The molecule has 1 heterocycles. The molecule has 1 atom stereocenters. The highest BCUT2D eigenvalue weighted by molar-refractivity contribution is 6.05. The number of benzene rings is 1. The van der Waals surface area contributed by atoms with Crippen LogP contribution in [0.1, 0.15) is 23.5 Å². The van der Waals surface area contributed by atoms with Crippen molar-refractivity contribution in [1.29, 1.82) is 0 Å². The lowest BCUT2D eigenvalue weighted by Crippen LogP contribution is -2.25. The van der Waals surface area contributed by atoms with Crippen LogP contribution in [0.15, 0.2) is 24.3 Å². The quantitative estimate of drug-likeness (QED) is 0.648. The van der Waals surface area contributed by atoms with Gasteiger partial charge in [-0.1, -0.05) is 29.8 Å². The Hall–Kier alpha value is -1.64. The summed E-state index contributed by atoms with van der Waals surface area (Å²) in [7, 11) is 1.54. The second-order valence-electron chi connectivity index (χ2n) is 3.96. The smallest absolute Gasteiger partial charge is 0.236 e. The lowest BCUT2D eigenvalue weighted by Gasteiger charge is -2.09. The van der Waals surface area contributed by atoms with Gasteiger partial charge in [-0.2, -0.15) is 0 Å². The Labute approximate surface area is 88.7 Å². The van der Waals surface area contributed by atoms with Gasteiger partial charge in [0.2, 0.25) is 11.8 Å². The van der Waals surface area contributed by atoms with Crippen molar-refractivity contribution < 1.29 is 9.59 Å². The molecule has 2 rings (SSSR count). The van der Waals surface area contributed by atoms with Crippen molar-refractivity contribution >= 4 is 11.8 Å². The van der Waals surface area contributed by atoms with Crippen LogP contribution in [0.2, 0.25) is 0 Å². The van der Waals surface area contributed by atoms with Gasteiger partial charge in [0.05, 0.1) is 5.92 Å². The molecule has 1 saturated heterocycles. The van der Waals surface area contributed by atoms with Gasteiger partial charge in [0, 0.05) is 13.5 Å². The van der Waals surface area contributed by atoms with Crippen LogP contribution < -0.4 is 0 Å². The van der Waals surface area contributed by atoms with E-state index in [4.69, 9.17) is 0 Å². The van der Waals surface area contributed by atoms with Gasteiger partial charge in [0.15, 0.2) is 0 Å². The van der Waals surface area contributed by atoms with Gasteiger partial charge in [-0.25, -0.2) is 0 Å². The maximum absolute atomic E-state index is 11.7. The van der Waals surface area contributed by atoms with E-state index in [9.17, 15) is 9.59 Å². The molecule has 0 N–H and O–H groups in total. The molecule has 1 aromatic rings. The predicted octanol–water partition coefficient (Wildman–Crippen LogP) is 1.47. The molecule has 1 aliphatic heterocycles. The van der Waals surface area contributed by atoms with E-state index in [-0.39, 0.29) is 17.7 Å². The minimum Gasteiger partial charge on any atom is -0.285 e. The summed E-state index contributed by atoms with van der Waals surface area (Å²) in [6, 6.07) is 7.77. The predicted molar refractivity (Wildman–Crippen MR) is 56.3 cm³/mol. The van der Waals surface area contributed by atoms with E-state index in [0.29, 0.717) is 6.42 Å². The molecular formula is C12H13NO2. The van der Waals surface area contributed by atoms with Gasteiger partial charge in [-0.05, 0) is 12.5 Å². The third-order valence-corrected chi connectivity index (χ3v) is 2.83. The van der Waals surface area contributed by atoms with Crippen LogP contribution in [-0.2, 0) is 9.59 Å². The van der Waals surface area contributed by atoms with Crippen molar-refractivity contribution in [2.45, 2.75) is 19.3 Å². The molecule has 0 aromatic heterocycles. The first-order valence-electron chi connectivity index (χ1n) is 4.96. The summed E-state index contributed by atoms with van der Waals surface area (Å²) in [5.41, 5.74) is 2.06. The molecule has 1 aromatic carbocycles. The third-order valence-electron chi connectivity index (χ3n) is 2.83. The molecule has 3 nitrogen and oxygen atoms in total. The Balaban J connectivity index is 2.33. The molecule has 2 amide bonds. The molecule has 0 saturated carbocycles. The number of carbonyl (C=O) groups is 2. The lowest BCUT2D eigenvalue weighted by molar-refractivity contribution is -0.137. The fourth-order valence-corrected chi connectivity index (χ4v) is 1.90. The van der Waals surface area contributed by atoms with E-state index in [1.54, 1.807) is 7.05 Å². The number of likely N-dealkylation sites (tertiary alicyclic amines) is 1. The van der Waals surface area contributed by atoms with Crippen LogP contribution in [0.5, 0.6) is 0 Å². The summed E-state index contributed by atoms with van der Waals surface area (Å²) >= 11 is 0. The van der Waals surface area contributed by atoms with Crippen molar-refractivity contribution in [3.63, 3.8) is 0 Å². The molecule has 0 radical (unpaired) electrons. The SMILES string of the molecule is Cc1cccc([C@H]2CC(=O)N(C)C2=O)c1. The summed E-state index contributed by atoms with van der Waals surface area (Å²) in [5, 5.41) is 0. The third kappa shape index (κ3) is 1.65. The zero-order valence-corrected chi connectivity index (χ0v) is 8.86. The topological polar surface area (TPSA) is 37.4 Å². The van der Waals surface area contributed by atoms with Gasteiger partial charge in [-0.15, -0.1) is 0 Å². The van der Waals surface area contributed by atoms with Crippen molar-refractivity contribution in [1.82, 2.24) is 4.90 Å². The first kappa shape index (κ1) is 9.90. The van der Waals surface area contributed by atoms with Gasteiger partial charge in [-0.3, -0.25) is 14.5 Å². The summed E-state index contributed by atoms with van der Waals surface area (Å²) in [6.07, 6.45) is 0.304. The van der Waals surface area contributed by atoms with Crippen molar-refractivity contribution in [2.24, 2.45) is 0 Å². The summed E-state index contributed by atoms with van der Waals surface area (Å²) in [4.78, 5) is 24.3. The van der Waals surface area contributed by atoms with Crippen LogP contribution in [-0.4, -0.2) is 23.8 Å². The highest BCUT2D eigenvalue weighted by Gasteiger charge is 2.36. The maximum Gasteiger partial charge on any atom is 0.236 e. The summed E-state index contributed by atoms with van der Waals surface area (Å²) in [6.45, 7) is 1.98. The molecule has 15 heavy (non-hydrogen) atoms. The Bertz CT molecular complexity index is 425. The van der Waals surface area contributed by atoms with Crippen molar-refractivity contribution in [3.05, 3.63) is 35.4 Å². The molecule has 3 heteroatoms. The summed E-state index contributed by atoms with van der Waals surface area (Å²) in [5.74, 6) is -0.459. The average molecular weight is 203 g/mol. The summed E-state index contributed by atoms with van der Waals surface area (Å²) < 4.78 is 0. The molecule has 1 aliphatic rings. The van der Waals surface area contributed by atoms with Gasteiger partial charge >= 0.3 is 0 Å². The number of likely N-dealkylation sites (N-methyl/N-ethyl adjacent to an activating group) is 1. The molecular weight excluding hydrogens is 190 g/mol. The first-order chi connectivity index (χ1) is 7.09. The number of rotatable bonds is 1. The van der Waals surface area contributed by atoms with Gasteiger partial charge in [0.1, 0.15) is 0 Å². The Morgan fingerprint density at radius 2 is 2.07 bits per heavy atom. The first-order valence-corrected chi connectivity index (χ1v) is 4.96. The van der Waals surface area contributed by atoms with Crippen LogP contribution >= 0.6 is 0 Å². The van der Waals surface area contributed by atoms with Crippen LogP contribution in [0.25, 0.3) is 0 Å². The second kappa shape index (κ2) is 3.50. The fourth-order valence-electron chi connectivity index (χ4n) is 1.90. The molecule has 78 valence electrons. The Kier molecular flexibility index (Phi) is 2.31.